The van der Waals surface area contributed by atoms with Crippen molar-refractivity contribution < 1.29 is 9.53 Å². The summed E-state index contributed by atoms with van der Waals surface area (Å²) < 4.78 is 4.97. The largest absolute Gasteiger partial charge is 0.465 e. The van der Waals surface area contributed by atoms with Gasteiger partial charge in [0.05, 0.1) is 0 Å². The minimum absolute atomic E-state index is 0.206. The summed E-state index contributed by atoms with van der Waals surface area (Å²) in [5.41, 5.74) is 1.05. The highest BCUT2D eigenvalue weighted by Gasteiger charge is 2.17. The quantitative estimate of drug-likeness (QED) is 0.761. The van der Waals surface area contributed by atoms with Crippen molar-refractivity contribution in [2.45, 2.75) is 13.8 Å². The monoisotopic (exact) mass is 263 g/mol. The van der Waals surface area contributed by atoms with Gasteiger partial charge in [0.2, 0.25) is 0 Å². The number of piperazine rings is 1. The lowest BCUT2D eigenvalue weighted by Gasteiger charge is -2.35. The number of nitrogens with zero attached hydrogens (tertiary/aromatic N) is 3. The molecule has 2 heterocycles. The number of esters is 1. The van der Waals surface area contributed by atoms with E-state index in [9.17, 15) is 4.79 Å². The van der Waals surface area contributed by atoms with Crippen LogP contribution in [0.5, 0.6) is 0 Å². The number of hydrogen-bond acceptors (Lipinski definition) is 5. The van der Waals surface area contributed by atoms with Crippen LogP contribution in [0.2, 0.25) is 0 Å². The molecule has 0 bridgehead atoms. The van der Waals surface area contributed by atoms with Crippen molar-refractivity contribution in [1.29, 1.82) is 0 Å². The van der Waals surface area contributed by atoms with Gasteiger partial charge in [-0.25, -0.2) is 4.98 Å². The minimum Gasteiger partial charge on any atom is -0.465 e. The summed E-state index contributed by atoms with van der Waals surface area (Å²) in [6, 6.07) is 6.12. The van der Waals surface area contributed by atoms with Crippen LogP contribution in [-0.4, -0.2) is 55.2 Å². The highest BCUT2D eigenvalue weighted by Crippen LogP contribution is 2.13. The summed E-state index contributed by atoms with van der Waals surface area (Å²) in [6.07, 6.45) is 0. The molecule has 0 atom stereocenters. The van der Waals surface area contributed by atoms with Crippen molar-refractivity contribution >= 4 is 11.8 Å². The third-order valence-electron chi connectivity index (χ3n) is 3.28. The molecule has 0 radical (unpaired) electrons. The van der Waals surface area contributed by atoms with Gasteiger partial charge in [-0.3, -0.25) is 9.69 Å². The van der Waals surface area contributed by atoms with Crippen LogP contribution < -0.4 is 4.90 Å². The molecule has 0 N–H and O–H groups in total. The van der Waals surface area contributed by atoms with Crippen LogP contribution >= 0.6 is 0 Å². The lowest BCUT2D eigenvalue weighted by molar-refractivity contribution is -0.141. The van der Waals surface area contributed by atoms with Crippen molar-refractivity contribution in [3.05, 3.63) is 23.9 Å². The Balaban J connectivity index is 1.77. The summed E-state index contributed by atoms with van der Waals surface area (Å²) in [4.78, 5) is 19.9. The molecule has 0 saturated carbocycles. The summed E-state index contributed by atoms with van der Waals surface area (Å²) in [5, 5.41) is 0. The van der Waals surface area contributed by atoms with E-state index >= 15 is 0 Å². The zero-order valence-corrected chi connectivity index (χ0v) is 11.6. The Kier molecular flexibility index (Phi) is 4.74. The highest BCUT2D eigenvalue weighted by atomic mass is 16.5. The van der Waals surface area contributed by atoms with Crippen LogP contribution in [0.1, 0.15) is 12.6 Å². The molecular weight excluding hydrogens is 242 g/mol. The van der Waals surface area contributed by atoms with Crippen LogP contribution in [0.4, 0.5) is 5.82 Å². The lowest BCUT2D eigenvalue weighted by Crippen LogP contribution is -2.47. The van der Waals surface area contributed by atoms with E-state index < -0.39 is 0 Å². The first-order chi connectivity index (χ1) is 9.15. The van der Waals surface area contributed by atoms with Gasteiger partial charge in [0.25, 0.3) is 0 Å². The average molecular weight is 263 g/mol. The van der Waals surface area contributed by atoms with Crippen LogP contribution in [0.3, 0.4) is 0 Å². The van der Waals surface area contributed by atoms with E-state index in [1.54, 1.807) is 0 Å². The normalized spacial score (nSPS) is 16.4. The fourth-order valence-electron chi connectivity index (χ4n) is 2.22. The van der Waals surface area contributed by atoms with Crippen LogP contribution in [0.15, 0.2) is 18.2 Å². The van der Waals surface area contributed by atoms with Crippen molar-refractivity contribution in [3.63, 3.8) is 0 Å². The maximum Gasteiger partial charge on any atom is 0.302 e. The Labute approximate surface area is 114 Å². The topological polar surface area (TPSA) is 45.7 Å². The van der Waals surface area contributed by atoms with Gasteiger partial charge < -0.3 is 9.64 Å². The van der Waals surface area contributed by atoms with Gasteiger partial charge in [-0.1, -0.05) is 6.07 Å². The number of pyridine rings is 1. The number of ether oxygens (including phenoxy) is 1. The van der Waals surface area contributed by atoms with E-state index in [0.717, 1.165) is 44.2 Å². The Morgan fingerprint density at radius 2 is 2.05 bits per heavy atom. The molecule has 1 saturated heterocycles. The molecule has 104 valence electrons. The maximum absolute atomic E-state index is 10.7. The predicted molar refractivity (Wildman–Crippen MR) is 74.3 cm³/mol. The van der Waals surface area contributed by atoms with E-state index in [1.165, 1.54) is 6.92 Å². The van der Waals surface area contributed by atoms with Crippen molar-refractivity contribution in [1.82, 2.24) is 9.88 Å². The molecule has 0 spiro atoms. The molecule has 1 aliphatic rings. The zero-order chi connectivity index (χ0) is 13.7. The van der Waals surface area contributed by atoms with Gasteiger partial charge in [-0.05, 0) is 19.1 Å². The smallest absolute Gasteiger partial charge is 0.302 e. The molecule has 2 rings (SSSR count). The van der Waals surface area contributed by atoms with Gasteiger partial charge in [0.15, 0.2) is 0 Å². The Morgan fingerprint density at radius 3 is 2.68 bits per heavy atom. The van der Waals surface area contributed by atoms with Gasteiger partial charge in [0, 0.05) is 45.3 Å². The third kappa shape index (κ3) is 4.21. The van der Waals surface area contributed by atoms with Gasteiger partial charge in [0.1, 0.15) is 12.4 Å². The van der Waals surface area contributed by atoms with Crippen molar-refractivity contribution in [2.24, 2.45) is 0 Å². The molecular formula is C14H21N3O2. The van der Waals surface area contributed by atoms with Crippen LogP contribution in [0, 0.1) is 6.92 Å². The van der Waals surface area contributed by atoms with E-state index in [2.05, 4.69) is 20.9 Å². The molecule has 0 unspecified atom stereocenters. The van der Waals surface area contributed by atoms with Gasteiger partial charge in [-0.2, -0.15) is 0 Å². The molecule has 1 fully saturated rings. The van der Waals surface area contributed by atoms with Crippen LogP contribution in [0.25, 0.3) is 0 Å². The first-order valence-corrected chi connectivity index (χ1v) is 6.69. The van der Waals surface area contributed by atoms with Gasteiger partial charge in [-0.15, -0.1) is 0 Å². The van der Waals surface area contributed by atoms with E-state index in [1.807, 2.05) is 19.1 Å². The number of carbonyl (C=O) groups excluding carboxylic acids is 1. The van der Waals surface area contributed by atoms with Gasteiger partial charge >= 0.3 is 5.97 Å². The average Bonchev–Trinajstić information content (AvgIpc) is 2.39. The second-order valence-corrected chi connectivity index (χ2v) is 4.81. The summed E-state index contributed by atoms with van der Waals surface area (Å²) >= 11 is 0. The maximum atomic E-state index is 10.7. The summed E-state index contributed by atoms with van der Waals surface area (Å²) in [6.45, 7) is 8.66. The predicted octanol–water partition coefficient (Wildman–Crippen LogP) is 1.08. The first kappa shape index (κ1) is 13.8. The molecule has 0 aromatic carbocycles. The fourth-order valence-corrected chi connectivity index (χ4v) is 2.22. The molecule has 1 aliphatic heterocycles. The number of aromatic nitrogens is 1. The van der Waals surface area contributed by atoms with Crippen LogP contribution in [-0.2, 0) is 9.53 Å². The minimum atomic E-state index is -0.206. The standard InChI is InChI=1S/C14H21N3O2/c1-12-4-3-5-14(15-12)17-8-6-16(7-9-17)10-11-19-13(2)18/h3-5H,6-11H2,1-2H3. The highest BCUT2D eigenvalue weighted by molar-refractivity contribution is 5.65. The second kappa shape index (κ2) is 6.52. The number of rotatable bonds is 4. The number of carbonyl (C=O) groups is 1. The summed E-state index contributed by atoms with van der Waals surface area (Å²) in [7, 11) is 0. The zero-order valence-electron chi connectivity index (χ0n) is 11.6. The van der Waals surface area contributed by atoms with E-state index in [0.29, 0.717) is 6.61 Å². The molecule has 5 nitrogen and oxygen atoms in total. The number of hydrogen-bond donors (Lipinski definition) is 0. The molecule has 5 heteroatoms. The Bertz CT molecular complexity index is 428. The molecule has 19 heavy (non-hydrogen) atoms. The summed E-state index contributed by atoms with van der Waals surface area (Å²) in [5.74, 6) is 0.849. The van der Waals surface area contributed by atoms with E-state index in [-0.39, 0.29) is 5.97 Å². The van der Waals surface area contributed by atoms with Crippen molar-refractivity contribution in [3.8, 4) is 0 Å². The lowest BCUT2D eigenvalue weighted by atomic mass is 10.3. The number of aryl methyl sites for hydroxylation is 1. The molecule has 1 aromatic rings. The Morgan fingerprint density at radius 1 is 1.32 bits per heavy atom. The molecule has 1 aromatic heterocycles. The molecule has 0 aliphatic carbocycles. The van der Waals surface area contributed by atoms with E-state index in [4.69, 9.17) is 4.74 Å². The second-order valence-electron chi connectivity index (χ2n) is 4.81. The fraction of sp³-hybridized carbons (Fsp3) is 0.571. The SMILES string of the molecule is CC(=O)OCCN1CCN(c2cccc(C)n2)CC1. The first-order valence-electron chi connectivity index (χ1n) is 6.69. The van der Waals surface area contributed by atoms with Crippen molar-refractivity contribution in [2.75, 3.05) is 44.2 Å². The molecule has 0 amide bonds. The number of anilines is 1. The third-order valence-corrected chi connectivity index (χ3v) is 3.28. The Hall–Kier alpha value is -1.62.